The number of hydrogen-bond acceptors (Lipinski definition) is 4. The molecule has 0 bridgehead atoms. The second-order valence-corrected chi connectivity index (χ2v) is 5.99. The Morgan fingerprint density at radius 3 is 2.88 bits per heavy atom. The van der Waals surface area contributed by atoms with Crippen LogP contribution >= 0.6 is 0 Å². The molecule has 0 spiro atoms. The van der Waals surface area contributed by atoms with E-state index in [1.165, 1.54) is 0 Å². The standard InChI is InChI=1S/C18H18N4O2/c23-11-15-7-4-8-21(15)18(24)13-9-16-17(19-10-13)22(12-20-16)14-5-2-1-3-6-14/h1-3,5-6,9-10,12,15,23H,4,7-8,11H2/t15-/m1/s1. The number of imidazole rings is 1. The fraction of sp³-hybridized carbons (Fsp3) is 0.278. The third-order valence-corrected chi connectivity index (χ3v) is 4.52. The van der Waals surface area contributed by atoms with Crippen molar-refractivity contribution in [3.05, 3.63) is 54.5 Å². The van der Waals surface area contributed by atoms with Crippen molar-refractivity contribution in [2.24, 2.45) is 0 Å². The molecule has 6 nitrogen and oxygen atoms in total. The lowest BCUT2D eigenvalue weighted by Gasteiger charge is -2.22. The summed E-state index contributed by atoms with van der Waals surface area (Å²) in [6.45, 7) is 0.685. The van der Waals surface area contributed by atoms with Gasteiger partial charge in [0.1, 0.15) is 11.8 Å². The predicted molar refractivity (Wildman–Crippen MR) is 90.0 cm³/mol. The third kappa shape index (κ3) is 2.45. The number of rotatable bonds is 3. The zero-order valence-corrected chi connectivity index (χ0v) is 13.2. The average Bonchev–Trinajstić information content (AvgIpc) is 3.27. The number of aromatic nitrogens is 3. The molecular weight excluding hydrogens is 304 g/mol. The summed E-state index contributed by atoms with van der Waals surface area (Å²) in [5.74, 6) is -0.0878. The molecule has 0 unspecified atom stereocenters. The fourth-order valence-corrected chi connectivity index (χ4v) is 3.25. The normalized spacial score (nSPS) is 17.5. The van der Waals surface area contributed by atoms with Gasteiger partial charge in [-0.05, 0) is 31.0 Å². The fourth-order valence-electron chi connectivity index (χ4n) is 3.25. The van der Waals surface area contributed by atoms with E-state index in [0.717, 1.165) is 24.2 Å². The summed E-state index contributed by atoms with van der Waals surface area (Å²) < 4.78 is 1.90. The van der Waals surface area contributed by atoms with E-state index in [1.807, 2.05) is 34.9 Å². The molecule has 0 saturated carbocycles. The van der Waals surface area contributed by atoms with E-state index >= 15 is 0 Å². The summed E-state index contributed by atoms with van der Waals surface area (Å²) in [6, 6.07) is 11.5. The molecule has 0 aliphatic carbocycles. The molecule has 122 valence electrons. The third-order valence-electron chi connectivity index (χ3n) is 4.52. The van der Waals surface area contributed by atoms with E-state index in [4.69, 9.17) is 0 Å². The monoisotopic (exact) mass is 322 g/mol. The lowest BCUT2D eigenvalue weighted by molar-refractivity contribution is 0.0677. The Morgan fingerprint density at radius 1 is 1.25 bits per heavy atom. The number of nitrogens with zero attached hydrogens (tertiary/aromatic N) is 4. The van der Waals surface area contributed by atoms with Gasteiger partial charge in [0.05, 0.1) is 18.2 Å². The molecule has 1 aromatic carbocycles. The highest BCUT2D eigenvalue weighted by atomic mass is 16.3. The van der Waals surface area contributed by atoms with Crippen LogP contribution in [0.2, 0.25) is 0 Å². The molecule has 3 aromatic rings. The van der Waals surface area contributed by atoms with Gasteiger partial charge in [0.25, 0.3) is 5.91 Å². The zero-order valence-electron chi connectivity index (χ0n) is 13.2. The van der Waals surface area contributed by atoms with Gasteiger partial charge in [-0.15, -0.1) is 0 Å². The van der Waals surface area contributed by atoms with E-state index in [1.54, 1.807) is 23.5 Å². The molecule has 3 heterocycles. The smallest absolute Gasteiger partial charge is 0.255 e. The van der Waals surface area contributed by atoms with Gasteiger partial charge in [-0.1, -0.05) is 18.2 Å². The lowest BCUT2D eigenvalue weighted by Crippen LogP contribution is -2.37. The van der Waals surface area contributed by atoms with Crippen LogP contribution in [0.25, 0.3) is 16.9 Å². The number of para-hydroxylation sites is 1. The van der Waals surface area contributed by atoms with Gasteiger partial charge in [0, 0.05) is 18.4 Å². The van der Waals surface area contributed by atoms with Crippen LogP contribution in [0.5, 0.6) is 0 Å². The van der Waals surface area contributed by atoms with Crippen molar-refractivity contribution in [3.8, 4) is 5.69 Å². The molecule has 6 heteroatoms. The van der Waals surface area contributed by atoms with Crippen molar-refractivity contribution >= 4 is 17.1 Å². The van der Waals surface area contributed by atoms with E-state index in [0.29, 0.717) is 17.6 Å². The number of aliphatic hydroxyl groups is 1. The van der Waals surface area contributed by atoms with Crippen LogP contribution in [0.4, 0.5) is 0 Å². The SMILES string of the molecule is O=C(c1cnc2c(c1)ncn2-c1ccccc1)N1CCC[C@@H]1CO. The van der Waals surface area contributed by atoms with Crippen molar-refractivity contribution in [1.82, 2.24) is 19.4 Å². The van der Waals surface area contributed by atoms with Gasteiger partial charge in [0.15, 0.2) is 5.65 Å². The Morgan fingerprint density at radius 2 is 2.08 bits per heavy atom. The van der Waals surface area contributed by atoms with Crippen molar-refractivity contribution in [1.29, 1.82) is 0 Å². The first-order chi connectivity index (χ1) is 11.8. The van der Waals surface area contributed by atoms with Crippen LogP contribution in [0, 0.1) is 0 Å². The number of likely N-dealkylation sites (tertiary alicyclic amines) is 1. The molecule has 24 heavy (non-hydrogen) atoms. The van der Waals surface area contributed by atoms with E-state index in [-0.39, 0.29) is 18.6 Å². The summed E-state index contributed by atoms with van der Waals surface area (Å²) in [6.07, 6.45) is 5.09. The van der Waals surface area contributed by atoms with Crippen molar-refractivity contribution < 1.29 is 9.90 Å². The van der Waals surface area contributed by atoms with Gasteiger partial charge in [0.2, 0.25) is 0 Å². The second kappa shape index (κ2) is 6.05. The number of carbonyl (C=O) groups excluding carboxylic acids is 1. The Bertz CT molecular complexity index is 875. The second-order valence-electron chi connectivity index (χ2n) is 5.99. The van der Waals surface area contributed by atoms with Gasteiger partial charge < -0.3 is 10.0 Å². The molecule has 1 amide bonds. The number of carbonyl (C=O) groups is 1. The van der Waals surface area contributed by atoms with E-state index in [2.05, 4.69) is 9.97 Å². The maximum atomic E-state index is 12.7. The molecule has 1 atom stereocenters. The number of fused-ring (bicyclic) bond motifs is 1. The van der Waals surface area contributed by atoms with E-state index < -0.39 is 0 Å². The molecule has 1 aliphatic rings. The summed E-state index contributed by atoms with van der Waals surface area (Å²) in [7, 11) is 0. The number of amides is 1. The highest BCUT2D eigenvalue weighted by Gasteiger charge is 2.29. The molecule has 0 radical (unpaired) electrons. The predicted octanol–water partition coefficient (Wildman–Crippen LogP) is 2.02. The van der Waals surface area contributed by atoms with Crippen molar-refractivity contribution in [2.45, 2.75) is 18.9 Å². The van der Waals surface area contributed by atoms with Gasteiger partial charge in [-0.3, -0.25) is 9.36 Å². The Hall–Kier alpha value is -2.73. The van der Waals surface area contributed by atoms with Gasteiger partial charge >= 0.3 is 0 Å². The summed E-state index contributed by atoms with van der Waals surface area (Å²) >= 11 is 0. The summed E-state index contributed by atoms with van der Waals surface area (Å²) in [5, 5.41) is 9.41. The minimum absolute atomic E-state index is 0.00401. The molecule has 1 saturated heterocycles. The quantitative estimate of drug-likeness (QED) is 0.801. The molecule has 1 fully saturated rings. The average molecular weight is 322 g/mol. The zero-order chi connectivity index (χ0) is 16.5. The Kier molecular flexibility index (Phi) is 3.74. The van der Waals surface area contributed by atoms with Crippen LogP contribution in [-0.4, -0.2) is 49.6 Å². The van der Waals surface area contributed by atoms with E-state index in [9.17, 15) is 9.90 Å². The Labute approximate surface area is 139 Å². The highest BCUT2D eigenvalue weighted by Crippen LogP contribution is 2.22. The topological polar surface area (TPSA) is 71.2 Å². The molecule has 2 aromatic heterocycles. The van der Waals surface area contributed by atoms with Crippen LogP contribution in [0.3, 0.4) is 0 Å². The largest absolute Gasteiger partial charge is 0.394 e. The number of benzene rings is 1. The molecular formula is C18H18N4O2. The summed E-state index contributed by atoms with van der Waals surface area (Å²) in [4.78, 5) is 23.2. The molecule has 1 aliphatic heterocycles. The number of aliphatic hydroxyl groups excluding tert-OH is 1. The van der Waals surface area contributed by atoms with Crippen LogP contribution in [0.1, 0.15) is 23.2 Å². The minimum Gasteiger partial charge on any atom is -0.394 e. The first-order valence-electron chi connectivity index (χ1n) is 8.08. The first kappa shape index (κ1) is 14.8. The maximum Gasteiger partial charge on any atom is 0.255 e. The van der Waals surface area contributed by atoms with Crippen LogP contribution in [0.15, 0.2) is 48.9 Å². The molecule has 1 N–H and O–H groups in total. The van der Waals surface area contributed by atoms with Crippen LogP contribution < -0.4 is 0 Å². The van der Waals surface area contributed by atoms with Gasteiger partial charge in [-0.2, -0.15) is 0 Å². The Balaban J connectivity index is 1.69. The lowest BCUT2D eigenvalue weighted by atomic mass is 10.2. The first-order valence-corrected chi connectivity index (χ1v) is 8.08. The van der Waals surface area contributed by atoms with Gasteiger partial charge in [-0.25, -0.2) is 9.97 Å². The number of pyridine rings is 1. The van der Waals surface area contributed by atoms with Crippen molar-refractivity contribution in [2.75, 3.05) is 13.2 Å². The summed E-state index contributed by atoms with van der Waals surface area (Å²) in [5.41, 5.74) is 2.90. The minimum atomic E-state index is -0.0879. The maximum absolute atomic E-state index is 12.7. The van der Waals surface area contributed by atoms with Crippen LogP contribution in [-0.2, 0) is 0 Å². The molecule has 4 rings (SSSR count). The highest BCUT2D eigenvalue weighted by molar-refractivity contribution is 5.96. The number of hydrogen-bond donors (Lipinski definition) is 1. The van der Waals surface area contributed by atoms with Crippen molar-refractivity contribution in [3.63, 3.8) is 0 Å².